The van der Waals surface area contributed by atoms with Gasteiger partial charge in [-0.25, -0.2) is 0 Å². The molecule has 1 aromatic heterocycles. The van der Waals surface area contributed by atoms with E-state index in [4.69, 9.17) is 9.47 Å². The van der Waals surface area contributed by atoms with Crippen LogP contribution in [0, 0.1) is 0 Å². The average molecular weight is 433 g/mol. The lowest BCUT2D eigenvalue weighted by atomic mass is 9.83. The van der Waals surface area contributed by atoms with Crippen LogP contribution in [0.1, 0.15) is 38.3 Å². The Morgan fingerprint density at radius 3 is 2.07 bits per heavy atom. The molecule has 6 atom stereocenters. The lowest BCUT2D eigenvalue weighted by Crippen LogP contribution is -2.67. The van der Waals surface area contributed by atoms with Crippen LogP contribution in [-0.2, 0) is 22.6 Å². The smallest absolute Gasteiger partial charge is 0.111 e. The van der Waals surface area contributed by atoms with E-state index in [9.17, 15) is 25.5 Å². The average Bonchev–Trinajstić information content (AvgIpc) is 3.20. The van der Waals surface area contributed by atoms with Crippen LogP contribution >= 0.6 is 0 Å². The Labute approximate surface area is 176 Å². The fourth-order valence-electron chi connectivity index (χ4n) is 3.27. The summed E-state index contributed by atoms with van der Waals surface area (Å²) in [5.41, 5.74) is 0.578. The number of aryl methyl sites for hydroxylation is 1. The van der Waals surface area contributed by atoms with Gasteiger partial charge in [-0.15, -0.1) is 5.10 Å². The maximum atomic E-state index is 10.0. The minimum Gasteiger partial charge on any atom is -0.389 e. The van der Waals surface area contributed by atoms with Crippen molar-refractivity contribution in [3.05, 3.63) is 11.9 Å². The first-order chi connectivity index (χ1) is 14.5. The summed E-state index contributed by atoms with van der Waals surface area (Å²) < 4.78 is 12.7. The zero-order chi connectivity index (χ0) is 21.9. The van der Waals surface area contributed by atoms with Gasteiger partial charge in [-0.2, -0.15) is 0 Å². The van der Waals surface area contributed by atoms with Crippen molar-refractivity contribution in [1.29, 1.82) is 0 Å². The number of nitrogens with zero attached hydrogens (tertiary/aromatic N) is 3. The number of nitrogens with one attached hydrogen (secondary N) is 1. The second kappa shape index (κ2) is 13.3. The van der Waals surface area contributed by atoms with Crippen LogP contribution in [0.5, 0.6) is 0 Å². The Bertz CT molecular complexity index is 575. The van der Waals surface area contributed by atoms with Crippen LogP contribution in [0.15, 0.2) is 6.20 Å². The van der Waals surface area contributed by atoms with Crippen molar-refractivity contribution in [2.75, 3.05) is 26.4 Å². The summed E-state index contributed by atoms with van der Waals surface area (Å²) in [4.78, 5) is 0. The SMILES string of the molecule is CCCCOCCCOCCCn1cc(CNC2[C@@H](O)[C@H](O)C(O)[C@H](O)[C@H]2O)nn1. The third kappa shape index (κ3) is 7.50. The van der Waals surface area contributed by atoms with Crippen LogP contribution in [-0.4, -0.2) is 104 Å². The van der Waals surface area contributed by atoms with Gasteiger partial charge in [-0.3, -0.25) is 4.68 Å². The van der Waals surface area contributed by atoms with Crippen LogP contribution in [0.4, 0.5) is 0 Å². The molecule has 0 aromatic carbocycles. The number of aromatic nitrogens is 3. The monoisotopic (exact) mass is 432 g/mol. The topological polar surface area (TPSA) is 162 Å². The molecule has 1 fully saturated rings. The van der Waals surface area contributed by atoms with Crippen molar-refractivity contribution in [1.82, 2.24) is 20.3 Å². The number of rotatable bonds is 14. The van der Waals surface area contributed by atoms with Gasteiger partial charge in [0.2, 0.25) is 0 Å². The predicted molar refractivity (Wildman–Crippen MR) is 106 cm³/mol. The van der Waals surface area contributed by atoms with Gasteiger partial charge in [0.05, 0.1) is 11.7 Å². The number of ether oxygens (including phenoxy) is 2. The molecule has 1 aliphatic carbocycles. The summed E-state index contributed by atoms with van der Waals surface area (Å²) in [6, 6.07) is -1.01. The second-order valence-electron chi connectivity index (χ2n) is 7.62. The summed E-state index contributed by atoms with van der Waals surface area (Å²) in [5.74, 6) is 0. The van der Waals surface area contributed by atoms with Gasteiger partial charge in [0.1, 0.15) is 30.5 Å². The lowest BCUT2D eigenvalue weighted by molar-refractivity contribution is -0.190. The van der Waals surface area contributed by atoms with Gasteiger partial charge >= 0.3 is 0 Å². The van der Waals surface area contributed by atoms with E-state index in [1.807, 2.05) is 0 Å². The van der Waals surface area contributed by atoms with Crippen LogP contribution in [0.3, 0.4) is 0 Å². The second-order valence-corrected chi connectivity index (χ2v) is 7.62. The number of hydrogen-bond acceptors (Lipinski definition) is 10. The van der Waals surface area contributed by atoms with E-state index in [0.29, 0.717) is 25.5 Å². The Kier molecular flexibility index (Phi) is 11.1. The largest absolute Gasteiger partial charge is 0.389 e. The minimum atomic E-state index is -1.61. The summed E-state index contributed by atoms with van der Waals surface area (Å²) in [6.07, 6.45) is -1.96. The highest BCUT2D eigenvalue weighted by Crippen LogP contribution is 2.21. The van der Waals surface area contributed by atoms with Gasteiger partial charge in [0, 0.05) is 45.7 Å². The molecule has 0 aliphatic heterocycles. The summed E-state index contributed by atoms with van der Waals surface area (Å²) >= 11 is 0. The van der Waals surface area contributed by atoms with Crippen LogP contribution in [0.2, 0.25) is 0 Å². The predicted octanol–water partition coefficient (Wildman–Crippen LogP) is -1.83. The Hall–Kier alpha value is -1.18. The molecular formula is C19H36N4O7. The molecule has 1 aromatic rings. The van der Waals surface area contributed by atoms with Crippen molar-refractivity contribution in [2.45, 2.75) is 82.3 Å². The molecule has 1 aliphatic rings. The molecular weight excluding hydrogens is 396 g/mol. The summed E-state index contributed by atoms with van der Waals surface area (Å²) in [5, 5.41) is 60.1. The van der Waals surface area contributed by atoms with E-state index in [1.165, 1.54) is 0 Å². The third-order valence-corrected chi connectivity index (χ3v) is 5.14. The molecule has 6 N–H and O–H groups in total. The Morgan fingerprint density at radius 2 is 1.43 bits per heavy atom. The summed E-state index contributed by atoms with van der Waals surface area (Å²) in [6.45, 7) is 5.74. The van der Waals surface area contributed by atoms with Crippen molar-refractivity contribution in [2.24, 2.45) is 0 Å². The van der Waals surface area contributed by atoms with E-state index >= 15 is 0 Å². The number of aliphatic hydroxyl groups is 5. The van der Waals surface area contributed by atoms with E-state index in [-0.39, 0.29) is 6.54 Å². The van der Waals surface area contributed by atoms with Gasteiger partial charge in [-0.05, 0) is 19.3 Å². The number of aliphatic hydroxyl groups excluding tert-OH is 5. The molecule has 11 heteroatoms. The summed E-state index contributed by atoms with van der Waals surface area (Å²) in [7, 11) is 0. The molecule has 1 saturated carbocycles. The maximum Gasteiger partial charge on any atom is 0.111 e. The molecule has 0 saturated heterocycles. The molecule has 30 heavy (non-hydrogen) atoms. The first-order valence-electron chi connectivity index (χ1n) is 10.6. The highest BCUT2D eigenvalue weighted by Gasteiger charge is 2.47. The third-order valence-electron chi connectivity index (χ3n) is 5.14. The van der Waals surface area contributed by atoms with E-state index < -0.39 is 36.6 Å². The van der Waals surface area contributed by atoms with Crippen molar-refractivity contribution in [3.8, 4) is 0 Å². The normalized spacial score (nSPS) is 29.4. The zero-order valence-electron chi connectivity index (χ0n) is 17.5. The van der Waals surface area contributed by atoms with Gasteiger partial charge in [0.15, 0.2) is 0 Å². The van der Waals surface area contributed by atoms with Crippen molar-refractivity contribution in [3.63, 3.8) is 0 Å². The van der Waals surface area contributed by atoms with E-state index in [0.717, 1.165) is 38.9 Å². The molecule has 174 valence electrons. The lowest BCUT2D eigenvalue weighted by Gasteiger charge is -2.42. The van der Waals surface area contributed by atoms with Gasteiger partial charge < -0.3 is 40.3 Å². The van der Waals surface area contributed by atoms with Gasteiger partial charge in [-0.1, -0.05) is 18.6 Å². The molecule has 1 heterocycles. The standard InChI is InChI=1S/C19H36N4O7/c1-2-3-7-29-9-5-10-30-8-4-6-23-12-13(21-22-23)11-20-14-15(24)17(26)19(28)18(27)16(14)25/h12,14-20,24-28H,2-11H2,1H3/t14?,15-,16+,17+,18-,19?. The van der Waals surface area contributed by atoms with Crippen LogP contribution < -0.4 is 5.32 Å². The van der Waals surface area contributed by atoms with Gasteiger partial charge in [0.25, 0.3) is 0 Å². The van der Waals surface area contributed by atoms with Crippen molar-refractivity contribution < 1.29 is 35.0 Å². The van der Waals surface area contributed by atoms with Crippen molar-refractivity contribution >= 4 is 0 Å². The number of unbranched alkanes of at least 4 members (excludes halogenated alkanes) is 1. The molecule has 2 unspecified atom stereocenters. The fraction of sp³-hybridized carbons (Fsp3) is 0.895. The highest BCUT2D eigenvalue weighted by atomic mass is 16.5. The molecule has 0 radical (unpaired) electrons. The maximum absolute atomic E-state index is 10.0. The quantitative estimate of drug-likeness (QED) is 0.184. The minimum absolute atomic E-state index is 0.169. The molecule has 2 rings (SSSR count). The van der Waals surface area contributed by atoms with E-state index in [2.05, 4.69) is 22.6 Å². The Balaban J connectivity index is 1.61. The molecule has 0 spiro atoms. The first kappa shape index (κ1) is 25.1. The fourth-order valence-corrected chi connectivity index (χ4v) is 3.27. The molecule has 0 bridgehead atoms. The number of hydrogen-bond donors (Lipinski definition) is 6. The zero-order valence-corrected chi connectivity index (χ0v) is 17.5. The molecule has 0 amide bonds. The first-order valence-corrected chi connectivity index (χ1v) is 10.6. The molecule has 11 nitrogen and oxygen atoms in total. The Morgan fingerprint density at radius 1 is 0.867 bits per heavy atom. The van der Waals surface area contributed by atoms with Crippen LogP contribution in [0.25, 0.3) is 0 Å². The highest BCUT2D eigenvalue weighted by molar-refractivity contribution is 5.03. The van der Waals surface area contributed by atoms with E-state index in [1.54, 1.807) is 10.9 Å².